The molecule has 0 saturated heterocycles. The number of halogens is 3. The molecule has 0 fully saturated rings. The number of hydrogen-bond donors (Lipinski definition) is 1. The molecule has 0 aliphatic carbocycles. The molecule has 106 valence electrons. The molecule has 0 atom stereocenters. The lowest BCUT2D eigenvalue weighted by Gasteiger charge is -2.05. The summed E-state index contributed by atoms with van der Waals surface area (Å²) in [5.41, 5.74) is -0.00886. The highest BCUT2D eigenvalue weighted by Gasteiger charge is 2.14. The Morgan fingerprint density at radius 1 is 1.10 bits per heavy atom. The number of benzene rings is 2. The molecule has 1 N–H and O–H groups in total. The number of hydrogen-bond acceptors (Lipinski definition) is 2. The summed E-state index contributed by atoms with van der Waals surface area (Å²) in [5, 5.41) is 3.13. The summed E-state index contributed by atoms with van der Waals surface area (Å²) in [6.07, 6.45) is 0. The maximum absolute atomic E-state index is 13.6. The second kappa shape index (κ2) is 5.42. The van der Waals surface area contributed by atoms with E-state index in [-0.39, 0.29) is 5.69 Å². The first-order valence-corrected chi connectivity index (χ1v) is 7.18. The Labute approximate surface area is 128 Å². The standard InChI is InChI=1S/C15H8ClF2NOS/c16-8-4-5-11(18)12(6-8)19-15(20)14-7-9-10(17)2-1-3-13(9)21-14/h1-7H,(H,19,20). The Morgan fingerprint density at radius 3 is 2.67 bits per heavy atom. The van der Waals surface area contributed by atoms with Crippen LogP contribution in [0.1, 0.15) is 9.67 Å². The molecule has 21 heavy (non-hydrogen) atoms. The second-order valence-corrected chi connectivity index (χ2v) is 5.86. The van der Waals surface area contributed by atoms with Gasteiger partial charge in [0.05, 0.1) is 10.6 Å². The van der Waals surface area contributed by atoms with Crippen molar-refractivity contribution in [3.05, 3.63) is 64.0 Å². The first-order chi connectivity index (χ1) is 10.0. The number of carbonyl (C=O) groups excluding carboxylic acids is 1. The molecule has 6 heteroatoms. The summed E-state index contributed by atoms with van der Waals surface area (Å²) in [5.74, 6) is -1.48. The van der Waals surface area contributed by atoms with E-state index in [1.54, 1.807) is 12.1 Å². The molecule has 2 nitrogen and oxygen atoms in total. The summed E-state index contributed by atoms with van der Waals surface area (Å²) in [6.45, 7) is 0. The lowest BCUT2D eigenvalue weighted by Crippen LogP contribution is -2.11. The Kier molecular flexibility index (Phi) is 3.61. The van der Waals surface area contributed by atoms with Crippen LogP contribution in [0.15, 0.2) is 42.5 Å². The molecule has 2 aromatic carbocycles. The van der Waals surface area contributed by atoms with Crippen LogP contribution in [0.25, 0.3) is 10.1 Å². The van der Waals surface area contributed by atoms with Gasteiger partial charge in [-0.1, -0.05) is 17.7 Å². The number of thiophene rings is 1. The fraction of sp³-hybridized carbons (Fsp3) is 0. The molecule has 0 aliphatic rings. The van der Waals surface area contributed by atoms with Crippen molar-refractivity contribution in [2.45, 2.75) is 0 Å². The number of carbonyl (C=O) groups is 1. The molecule has 3 rings (SSSR count). The van der Waals surface area contributed by atoms with Gasteiger partial charge in [-0.15, -0.1) is 11.3 Å². The van der Waals surface area contributed by atoms with Crippen LogP contribution in [0.4, 0.5) is 14.5 Å². The van der Waals surface area contributed by atoms with Gasteiger partial charge in [-0.3, -0.25) is 4.79 Å². The topological polar surface area (TPSA) is 29.1 Å². The smallest absolute Gasteiger partial charge is 0.265 e. The van der Waals surface area contributed by atoms with Crippen molar-refractivity contribution in [2.75, 3.05) is 5.32 Å². The molecule has 0 unspecified atom stereocenters. The van der Waals surface area contributed by atoms with Crippen LogP contribution < -0.4 is 5.32 Å². The number of nitrogens with one attached hydrogen (secondary N) is 1. The van der Waals surface area contributed by atoms with Crippen molar-refractivity contribution in [3.8, 4) is 0 Å². The third-order valence-electron chi connectivity index (χ3n) is 2.91. The van der Waals surface area contributed by atoms with E-state index < -0.39 is 17.5 Å². The van der Waals surface area contributed by atoms with Gasteiger partial charge in [0.25, 0.3) is 5.91 Å². The molecule has 0 spiro atoms. The van der Waals surface area contributed by atoms with Gasteiger partial charge in [-0.2, -0.15) is 0 Å². The van der Waals surface area contributed by atoms with Gasteiger partial charge in [0, 0.05) is 15.1 Å². The average Bonchev–Trinajstić information content (AvgIpc) is 2.88. The number of amides is 1. The minimum absolute atomic E-state index is 0.00886. The summed E-state index contributed by atoms with van der Waals surface area (Å²) < 4.78 is 27.8. The van der Waals surface area contributed by atoms with E-state index in [1.807, 2.05) is 0 Å². The van der Waals surface area contributed by atoms with Gasteiger partial charge >= 0.3 is 0 Å². The molecule has 0 aliphatic heterocycles. The van der Waals surface area contributed by atoms with Gasteiger partial charge in [-0.05, 0) is 36.4 Å². The molecule has 0 radical (unpaired) electrons. The predicted octanol–water partition coefficient (Wildman–Crippen LogP) is 5.09. The number of anilines is 1. The first-order valence-electron chi connectivity index (χ1n) is 5.99. The van der Waals surface area contributed by atoms with Crippen LogP contribution in [-0.4, -0.2) is 5.91 Å². The second-order valence-electron chi connectivity index (χ2n) is 4.34. The van der Waals surface area contributed by atoms with Crippen LogP contribution in [0.2, 0.25) is 5.02 Å². The minimum atomic E-state index is -0.583. The molecule has 0 bridgehead atoms. The Morgan fingerprint density at radius 2 is 1.90 bits per heavy atom. The largest absolute Gasteiger partial charge is 0.319 e. The fourth-order valence-electron chi connectivity index (χ4n) is 1.91. The third kappa shape index (κ3) is 2.75. The van der Waals surface area contributed by atoms with Crippen molar-refractivity contribution in [1.29, 1.82) is 0 Å². The summed E-state index contributed by atoms with van der Waals surface area (Å²) in [7, 11) is 0. The van der Waals surface area contributed by atoms with Gasteiger partial charge in [0.2, 0.25) is 0 Å². The highest BCUT2D eigenvalue weighted by Crippen LogP contribution is 2.28. The van der Waals surface area contributed by atoms with Crippen molar-refractivity contribution in [2.24, 2.45) is 0 Å². The Balaban J connectivity index is 1.93. The molecule has 1 amide bonds. The van der Waals surface area contributed by atoms with E-state index >= 15 is 0 Å². The van der Waals surface area contributed by atoms with Gasteiger partial charge in [0.15, 0.2) is 0 Å². The molecule has 1 heterocycles. The van der Waals surface area contributed by atoms with E-state index in [2.05, 4.69) is 5.32 Å². The normalized spacial score (nSPS) is 10.8. The van der Waals surface area contributed by atoms with Crippen molar-refractivity contribution in [3.63, 3.8) is 0 Å². The van der Waals surface area contributed by atoms with Crippen LogP contribution in [-0.2, 0) is 0 Å². The zero-order valence-corrected chi connectivity index (χ0v) is 12.1. The highest BCUT2D eigenvalue weighted by molar-refractivity contribution is 7.20. The van der Waals surface area contributed by atoms with E-state index in [0.717, 1.165) is 11.3 Å². The minimum Gasteiger partial charge on any atom is -0.319 e. The van der Waals surface area contributed by atoms with Gasteiger partial charge < -0.3 is 5.32 Å². The summed E-state index contributed by atoms with van der Waals surface area (Å²) >= 11 is 6.91. The van der Waals surface area contributed by atoms with Crippen LogP contribution in [0.3, 0.4) is 0 Å². The van der Waals surface area contributed by atoms with E-state index in [1.165, 1.54) is 30.3 Å². The lowest BCUT2D eigenvalue weighted by atomic mass is 10.2. The van der Waals surface area contributed by atoms with Crippen molar-refractivity contribution in [1.82, 2.24) is 0 Å². The quantitative estimate of drug-likeness (QED) is 0.699. The van der Waals surface area contributed by atoms with Crippen LogP contribution in [0, 0.1) is 11.6 Å². The molecular formula is C15H8ClF2NOS. The van der Waals surface area contributed by atoms with E-state index in [9.17, 15) is 13.6 Å². The number of fused-ring (bicyclic) bond motifs is 1. The zero-order valence-electron chi connectivity index (χ0n) is 10.5. The fourth-order valence-corrected chi connectivity index (χ4v) is 3.06. The maximum Gasteiger partial charge on any atom is 0.265 e. The summed E-state index contributed by atoms with van der Waals surface area (Å²) in [4.78, 5) is 12.4. The van der Waals surface area contributed by atoms with Crippen molar-refractivity contribution < 1.29 is 13.6 Å². The lowest BCUT2D eigenvalue weighted by molar-refractivity contribution is 0.103. The molecule has 1 aromatic heterocycles. The van der Waals surface area contributed by atoms with Crippen LogP contribution in [0.5, 0.6) is 0 Å². The highest BCUT2D eigenvalue weighted by atomic mass is 35.5. The predicted molar refractivity (Wildman–Crippen MR) is 81.1 cm³/mol. The summed E-state index contributed by atoms with van der Waals surface area (Å²) in [6, 6.07) is 9.96. The van der Waals surface area contributed by atoms with Gasteiger partial charge in [0.1, 0.15) is 11.6 Å². The number of rotatable bonds is 2. The monoisotopic (exact) mass is 323 g/mol. The molecular weight excluding hydrogens is 316 g/mol. The average molecular weight is 324 g/mol. The Hall–Kier alpha value is -1.98. The van der Waals surface area contributed by atoms with Gasteiger partial charge in [-0.25, -0.2) is 8.78 Å². The van der Waals surface area contributed by atoms with E-state index in [0.29, 0.717) is 20.0 Å². The van der Waals surface area contributed by atoms with E-state index in [4.69, 9.17) is 11.6 Å². The van der Waals surface area contributed by atoms with Crippen LogP contribution >= 0.6 is 22.9 Å². The van der Waals surface area contributed by atoms with Crippen molar-refractivity contribution >= 4 is 44.6 Å². The zero-order chi connectivity index (χ0) is 15.0. The maximum atomic E-state index is 13.6. The molecule has 0 saturated carbocycles. The molecule has 3 aromatic rings. The SMILES string of the molecule is O=C(Nc1cc(Cl)ccc1F)c1cc2c(F)cccc2s1. The Bertz CT molecular complexity index is 847. The third-order valence-corrected chi connectivity index (χ3v) is 4.24. The first kappa shape index (κ1) is 14.0.